The average molecular weight is 353 g/mol. The third-order valence-corrected chi connectivity index (χ3v) is 4.66. The number of nitrogens with two attached hydrogens (primary N) is 1. The van der Waals surface area contributed by atoms with Crippen molar-refractivity contribution in [3.05, 3.63) is 58.5 Å². The Morgan fingerprint density at radius 2 is 2.31 bits per heavy atom. The normalized spacial score (nSPS) is 22.3. The highest BCUT2D eigenvalue weighted by Gasteiger charge is 2.34. The van der Waals surface area contributed by atoms with E-state index in [1.165, 1.54) is 5.57 Å². The van der Waals surface area contributed by atoms with Gasteiger partial charge in [0.15, 0.2) is 0 Å². The van der Waals surface area contributed by atoms with Gasteiger partial charge in [0.05, 0.1) is 6.61 Å². The molecule has 5 heteroatoms. The molecular formula is C21H27N3O2. The van der Waals surface area contributed by atoms with E-state index in [-0.39, 0.29) is 18.6 Å². The Morgan fingerprint density at radius 3 is 2.88 bits per heavy atom. The molecule has 2 aliphatic heterocycles. The van der Waals surface area contributed by atoms with Crippen molar-refractivity contribution >= 4 is 5.91 Å². The van der Waals surface area contributed by atoms with Gasteiger partial charge in [0.2, 0.25) is 0 Å². The van der Waals surface area contributed by atoms with Crippen LogP contribution in [0.3, 0.4) is 0 Å². The van der Waals surface area contributed by atoms with E-state index >= 15 is 0 Å². The predicted octanol–water partition coefficient (Wildman–Crippen LogP) is 2.22. The van der Waals surface area contributed by atoms with Crippen LogP contribution in [-0.2, 0) is 9.53 Å². The number of amides is 1. The summed E-state index contributed by atoms with van der Waals surface area (Å²) < 4.78 is 5.66. The van der Waals surface area contributed by atoms with Crippen molar-refractivity contribution in [1.29, 1.82) is 0 Å². The van der Waals surface area contributed by atoms with E-state index in [4.69, 9.17) is 16.9 Å². The number of nitrogens with zero attached hydrogens (tertiary/aromatic N) is 1. The number of likely N-dealkylation sites (N-methyl/N-ethyl adjacent to an activating group) is 1. The van der Waals surface area contributed by atoms with Crippen LogP contribution in [0.25, 0.3) is 0 Å². The van der Waals surface area contributed by atoms with Crippen molar-refractivity contribution in [2.45, 2.75) is 20.3 Å². The minimum Gasteiger partial charge on any atom is -0.402 e. The van der Waals surface area contributed by atoms with Crippen LogP contribution in [0.1, 0.15) is 20.3 Å². The average Bonchev–Trinajstić information content (AvgIpc) is 2.78. The maximum atomic E-state index is 12.8. The summed E-state index contributed by atoms with van der Waals surface area (Å²) in [4.78, 5) is 15.0. The largest absolute Gasteiger partial charge is 0.402 e. The standard InChI is InChI=1S/C21H27N3O2/c1-6-9-15(10-14(4)22)20-18(12-26-13-23-21(20)25)17-11-24(5)19(8-3)16(17)7-2/h1,8-10,17H,3,7,11-13,22H2,2,4-5H3,(H,23,25)/b14-10+,15-9+. The number of carbonyl (C=O) groups is 1. The first-order chi connectivity index (χ1) is 12.4. The Kier molecular flexibility index (Phi) is 6.48. The zero-order valence-corrected chi connectivity index (χ0v) is 15.8. The van der Waals surface area contributed by atoms with Gasteiger partial charge in [-0.2, -0.15) is 0 Å². The number of hydrogen-bond acceptors (Lipinski definition) is 4. The van der Waals surface area contributed by atoms with E-state index in [9.17, 15) is 4.79 Å². The van der Waals surface area contributed by atoms with E-state index in [0.29, 0.717) is 23.5 Å². The molecule has 138 valence electrons. The second-order valence-corrected chi connectivity index (χ2v) is 6.45. The molecule has 2 rings (SSSR count). The molecule has 0 aromatic rings. The lowest BCUT2D eigenvalue weighted by Gasteiger charge is -2.21. The highest BCUT2D eigenvalue weighted by atomic mass is 16.5. The highest BCUT2D eigenvalue weighted by Crippen LogP contribution is 2.38. The maximum absolute atomic E-state index is 12.8. The minimum absolute atomic E-state index is 0.0736. The van der Waals surface area contributed by atoms with E-state index in [0.717, 1.165) is 24.2 Å². The second-order valence-electron chi connectivity index (χ2n) is 6.45. The molecule has 0 bridgehead atoms. The molecule has 0 fully saturated rings. The summed E-state index contributed by atoms with van der Waals surface area (Å²) in [6, 6.07) is 0. The van der Waals surface area contributed by atoms with Gasteiger partial charge in [-0.1, -0.05) is 19.4 Å². The van der Waals surface area contributed by atoms with Crippen LogP contribution >= 0.6 is 0 Å². The zero-order valence-electron chi connectivity index (χ0n) is 15.8. The van der Waals surface area contributed by atoms with Gasteiger partial charge in [0, 0.05) is 36.5 Å². The molecular weight excluding hydrogens is 326 g/mol. The summed E-state index contributed by atoms with van der Waals surface area (Å²) in [5.74, 6) is 2.40. The van der Waals surface area contributed by atoms with Crippen molar-refractivity contribution < 1.29 is 9.53 Å². The first-order valence-electron chi connectivity index (χ1n) is 8.70. The number of allylic oxidation sites excluding steroid dienone is 4. The lowest BCUT2D eigenvalue weighted by molar-refractivity contribution is -0.118. The molecule has 0 aliphatic carbocycles. The predicted molar refractivity (Wildman–Crippen MR) is 104 cm³/mol. The summed E-state index contributed by atoms with van der Waals surface area (Å²) in [6.07, 6.45) is 11.6. The number of ether oxygens (including phenoxy) is 1. The molecule has 0 aromatic carbocycles. The number of hydrogen-bond donors (Lipinski definition) is 2. The van der Waals surface area contributed by atoms with Crippen LogP contribution in [-0.4, -0.2) is 37.7 Å². The Hall–Kier alpha value is -2.71. The molecule has 1 amide bonds. The van der Waals surface area contributed by atoms with E-state index < -0.39 is 0 Å². The second kappa shape index (κ2) is 8.59. The van der Waals surface area contributed by atoms with Gasteiger partial charge < -0.3 is 20.7 Å². The van der Waals surface area contributed by atoms with Gasteiger partial charge >= 0.3 is 0 Å². The quantitative estimate of drug-likeness (QED) is 0.587. The molecule has 3 N–H and O–H groups in total. The van der Waals surface area contributed by atoms with E-state index in [1.807, 2.05) is 13.1 Å². The van der Waals surface area contributed by atoms with Crippen LogP contribution in [0, 0.1) is 18.3 Å². The molecule has 0 radical (unpaired) electrons. The number of nitrogens with one attached hydrogen (secondary N) is 1. The lowest BCUT2D eigenvalue weighted by Crippen LogP contribution is -2.27. The topological polar surface area (TPSA) is 67.6 Å². The van der Waals surface area contributed by atoms with Gasteiger partial charge in [-0.15, -0.1) is 6.42 Å². The van der Waals surface area contributed by atoms with Gasteiger partial charge in [0.25, 0.3) is 5.91 Å². The fraction of sp³-hybridized carbons (Fsp3) is 0.381. The number of carbonyl (C=O) groups excluding carboxylic acids is 1. The van der Waals surface area contributed by atoms with Crippen LogP contribution in [0.4, 0.5) is 0 Å². The van der Waals surface area contributed by atoms with Gasteiger partial charge in [-0.25, -0.2) is 0 Å². The van der Waals surface area contributed by atoms with Crippen molar-refractivity contribution in [3.8, 4) is 12.3 Å². The Morgan fingerprint density at radius 1 is 1.58 bits per heavy atom. The Balaban J connectivity index is 2.70. The summed E-state index contributed by atoms with van der Waals surface area (Å²) in [6.45, 7) is 9.13. The molecule has 1 unspecified atom stereocenters. The molecule has 0 spiro atoms. The van der Waals surface area contributed by atoms with Crippen molar-refractivity contribution in [3.63, 3.8) is 0 Å². The molecule has 26 heavy (non-hydrogen) atoms. The Labute approximate surface area is 156 Å². The number of terminal acetylenes is 1. The van der Waals surface area contributed by atoms with E-state index in [1.54, 1.807) is 19.1 Å². The molecule has 5 nitrogen and oxygen atoms in total. The highest BCUT2D eigenvalue weighted by molar-refractivity contribution is 6.00. The van der Waals surface area contributed by atoms with Crippen LogP contribution in [0.15, 0.2) is 58.5 Å². The third-order valence-electron chi connectivity index (χ3n) is 4.66. The zero-order chi connectivity index (χ0) is 19.3. The first-order valence-corrected chi connectivity index (χ1v) is 8.70. The van der Waals surface area contributed by atoms with Crippen LogP contribution in [0.5, 0.6) is 0 Å². The minimum atomic E-state index is -0.193. The fourth-order valence-corrected chi connectivity index (χ4v) is 3.64. The van der Waals surface area contributed by atoms with Crippen LogP contribution in [0.2, 0.25) is 0 Å². The molecule has 2 aliphatic rings. The van der Waals surface area contributed by atoms with Crippen molar-refractivity contribution in [2.75, 3.05) is 26.9 Å². The molecule has 0 saturated carbocycles. The smallest absolute Gasteiger partial charge is 0.253 e. The SMILES string of the molecule is C#C/C=C(\C=C(/C)N)C1=C(C2CN(C)C(C=C)=C2CC)COCNC1=O. The van der Waals surface area contributed by atoms with Gasteiger partial charge in [0.1, 0.15) is 6.73 Å². The summed E-state index contributed by atoms with van der Waals surface area (Å²) in [5.41, 5.74) is 10.9. The van der Waals surface area contributed by atoms with Crippen molar-refractivity contribution in [2.24, 2.45) is 11.7 Å². The molecule has 0 aromatic heterocycles. The molecule has 0 saturated heterocycles. The summed E-state index contributed by atoms with van der Waals surface area (Å²) >= 11 is 0. The summed E-state index contributed by atoms with van der Waals surface area (Å²) in [7, 11) is 2.03. The van der Waals surface area contributed by atoms with Crippen molar-refractivity contribution in [1.82, 2.24) is 10.2 Å². The van der Waals surface area contributed by atoms with Gasteiger partial charge in [-0.05, 0) is 48.3 Å². The van der Waals surface area contributed by atoms with E-state index in [2.05, 4.69) is 29.6 Å². The first kappa shape index (κ1) is 19.6. The Bertz CT molecular complexity index is 759. The lowest BCUT2D eigenvalue weighted by atomic mass is 9.85. The molecule has 1 atom stereocenters. The van der Waals surface area contributed by atoms with Gasteiger partial charge in [-0.3, -0.25) is 4.79 Å². The molecule has 2 heterocycles. The number of rotatable bonds is 5. The monoisotopic (exact) mass is 353 g/mol. The maximum Gasteiger partial charge on any atom is 0.253 e. The third kappa shape index (κ3) is 3.92. The summed E-state index contributed by atoms with van der Waals surface area (Å²) in [5, 5.41) is 2.78. The fourth-order valence-electron chi connectivity index (χ4n) is 3.64. The van der Waals surface area contributed by atoms with Crippen LogP contribution < -0.4 is 11.1 Å².